The first-order chi connectivity index (χ1) is 24.2. The molecule has 0 amide bonds. The van der Waals surface area contributed by atoms with Crippen molar-refractivity contribution in [1.29, 1.82) is 10.5 Å². The average Bonchev–Trinajstić information content (AvgIpc) is 3.82. The van der Waals surface area contributed by atoms with Gasteiger partial charge in [0.2, 0.25) is 0 Å². The molecule has 0 N–H and O–H groups in total. The Kier molecular flexibility index (Phi) is 5.64. The molecule has 3 aromatic heterocycles. The highest BCUT2D eigenvalue weighted by Gasteiger charge is 2.21. The predicted molar refractivity (Wildman–Crippen MR) is 197 cm³/mol. The molecule has 49 heavy (non-hydrogen) atoms. The van der Waals surface area contributed by atoms with Crippen molar-refractivity contribution >= 4 is 65.6 Å². The molecular formula is C44H24N4O. The van der Waals surface area contributed by atoms with Gasteiger partial charge in [-0.3, -0.25) is 0 Å². The van der Waals surface area contributed by atoms with Crippen molar-refractivity contribution in [3.8, 4) is 34.6 Å². The molecule has 0 bridgehead atoms. The number of nitrogens with zero attached hydrogens (tertiary/aromatic N) is 4. The van der Waals surface area contributed by atoms with Gasteiger partial charge in [-0.2, -0.15) is 10.5 Å². The minimum atomic E-state index is 0.492. The van der Waals surface area contributed by atoms with Crippen LogP contribution in [-0.2, 0) is 0 Å². The highest BCUT2D eigenvalue weighted by molar-refractivity contribution is 6.24. The zero-order valence-corrected chi connectivity index (χ0v) is 26.1. The lowest BCUT2D eigenvalue weighted by Gasteiger charge is -2.11. The normalized spacial score (nSPS) is 11.6. The smallest absolute Gasteiger partial charge is 0.145 e. The molecule has 5 heteroatoms. The van der Waals surface area contributed by atoms with Crippen molar-refractivity contribution < 1.29 is 4.42 Å². The van der Waals surface area contributed by atoms with Crippen molar-refractivity contribution in [2.24, 2.45) is 0 Å². The van der Waals surface area contributed by atoms with Gasteiger partial charge in [0.05, 0.1) is 50.3 Å². The first-order valence-corrected chi connectivity index (χ1v) is 16.1. The Bertz CT molecular complexity index is 3070. The van der Waals surface area contributed by atoms with Crippen LogP contribution in [0.1, 0.15) is 11.1 Å². The number of nitriles is 2. The maximum Gasteiger partial charge on any atom is 0.145 e. The Morgan fingerprint density at radius 3 is 1.94 bits per heavy atom. The summed E-state index contributed by atoms with van der Waals surface area (Å²) in [5.74, 6) is 0. The summed E-state index contributed by atoms with van der Waals surface area (Å²) >= 11 is 0. The maximum absolute atomic E-state index is 10.2. The molecule has 0 aliphatic rings. The average molecular weight is 625 g/mol. The summed E-state index contributed by atoms with van der Waals surface area (Å²) in [7, 11) is 0. The summed E-state index contributed by atoms with van der Waals surface area (Å²) in [6.07, 6.45) is 0. The van der Waals surface area contributed by atoms with Gasteiger partial charge in [-0.25, -0.2) is 0 Å². The van der Waals surface area contributed by atoms with Crippen LogP contribution in [0.15, 0.2) is 150 Å². The predicted octanol–water partition coefficient (Wildman–Crippen LogP) is 11.2. The van der Waals surface area contributed by atoms with Crippen molar-refractivity contribution in [3.05, 3.63) is 157 Å². The van der Waals surface area contributed by atoms with Crippen molar-refractivity contribution in [1.82, 2.24) is 9.13 Å². The van der Waals surface area contributed by atoms with E-state index < -0.39 is 0 Å². The van der Waals surface area contributed by atoms with Gasteiger partial charge in [0.1, 0.15) is 17.2 Å². The highest BCUT2D eigenvalue weighted by Crippen LogP contribution is 2.43. The van der Waals surface area contributed by atoms with E-state index in [9.17, 15) is 10.5 Å². The van der Waals surface area contributed by atoms with Crippen LogP contribution in [0.3, 0.4) is 0 Å². The van der Waals surface area contributed by atoms with Gasteiger partial charge in [-0.05, 0) is 90.0 Å². The molecular weight excluding hydrogens is 601 g/mol. The van der Waals surface area contributed by atoms with E-state index in [1.54, 1.807) is 18.2 Å². The molecule has 5 nitrogen and oxygen atoms in total. The number of rotatable bonds is 3. The number of hydrogen-bond donors (Lipinski definition) is 0. The van der Waals surface area contributed by atoms with Crippen LogP contribution in [0.5, 0.6) is 0 Å². The molecule has 7 aromatic carbocycles. The Balaban J connectivity index is 1.28. The molecule has 3 heterocycles. The molecule has 0 spiro atoms. The lowest BCUT2D eigenvalue weighted by molar-refractivity contribution is 0.673. The van der Waals surface area contributed by atoms with Gasteiger partial charge in [0, 0.05) is 32.6 Å². The Morgan fingerprint density at radius 1 is 0.469 bits per heavy atom. The first kappa shape index (κ1) is 27.1. The Labute approximate surface area is 280 Å². The molecule has 0 radical (unpaired) electrons. The molecule has 226 valence electrons. The van der Waals surface area contributed by atoms with E-state index >= 15 is 0 Å². The van der Waals surface area contributed by atoms with E-state index in [4.69, 9.17) is 4.42 Å². The minimum Gasteiger partial charge on any atom is -0.455 e. The van der Waals surface area contributed by atoms with Gasteiger partial charge in [0.25, 0.3) is 0 Å². The fraction of sp³-hybridized carbons (Fsp3) is 0. The third-order valence-electron chi connectivity index (χ3n) is 9.78. The molecule has 0 aliphatic carbocycles. The highest BCUT2D eigenvalue weighted by atomic mass is 16.3. The number of furan rings is 1. The second kappa shape index (κ2) is 10.2. The van der Waals surface area contributed by atoms with E-state index in [0.29, 0.717) is 16.8 Å². The quantitative estimate of drug-likeness (QED) is 0.196. The van der Waals surface area contributed by atoms with E-state index in [1.807, 2.05) is 24.3 Å². The number of para-hydroxylation sites is 3. The van der Waals surface area contributed by atoms with Crippen LogP contribution in [0.25, 0.3) is 88.1 Å². The van der Waals surface area contributed by atoms with Crippen molar-refractivity contribution in [2.75, 3.05) is 0 Å². The largest absolute Gasteiger partial charge is 0.455 e. The lowest BCUT2D eigenvalue weighted by Crippen LogP contribution is -1.98. The topological polar surface area (TPSA) is 70.6 Å². The number of fused-ring (bicyclic) bond motifs is 10. The Morgan fingerprint density at radius 2 is 1.14 bits per heavy atom. The molecule has 0 atom stereocenters. The SMILES string of the molecule is N#Cc1ccc(C#N)c(-n2c3ccc(-c4ccc5c(c4)c4ccccc4n5-c4ccccc4)cc3c3c4oc5ccccc5c4ccc32)c1. The molecule has 10 rings (SSSR count). The van der Waals surface area contributed by atoms with Crippen LogP contribution < -0.4 is 0 Å². The fourth-order valence-corrected chi connectivity index (χ4v) is 7.61. The van der Waals surface area contributed by atoms with Crippen molar-refractivity contribution in [3.63, 3.8) is 0 Å². The third-order valence-corrected chi connectivity index (χ3v) is 9.78. The van der Waals surface area contributed by atoms with Gasteiger partial charge in [-0.1, -0.05) is 66.7 Å². The molecule has 0 fully saturated rings. The molecule has 0 unspecified atom stereocenters. The summed E-state index contributed by atoms with van der Waals surface area (Å²) in [4.78, 5) is 0. The van der Waals surface area contributed by atoms with Crippen LogP contribution in [0.2, 0.25) is 0 Å². The number of hydrogen-bond acceptors (Lipinski definition) is 3. The molecule has 0 aliphatic heterocycles. The summed E-state index contributed by atoms with van der Waals surface area (Å²) < 4.78 is 11.0. The number of aromatic nitrogens is 2. The second-order valence-electron chi connectivity index (χ2n) is 12.4. The maximum atomic E-state index is 10.2. The van der Waals surface area contributed by atoms with E-state index in [0.717, 1.165) is 66.1 Å². The standard InChI is InChI=1S/C44H24N4O/c45-25-27-14-15-30(26-46)41(22-27)48-39-20-17-29(24-36(39)43-40(48)21-18-34-33-11-5-7-13-42(33)49-44(34)43)28-16-19-38-35(23-28)32-10-4-6-12-37(32)47(38)31-8-2-1-3-9-31/h1-24H. The van der Waals surface area contributed by atoms with Crippen molar-refractivity contribution in [2.45, 2.75) is 0 Å². The van der Waals surface area contributed by atoms with Gasteiger partial charge < -0.3 is 13.6 Å². The molecule has 0 saturated carbocycles. The summed E-state index contributed by atoms with van der Waals surface area (Å²) in [6.45, 7) is 0. The zero-order chi connectivity index (χ0) is 32.6. The van der Waals surface area contributed by atoms with Gasteiger partial charge in [0.15, 0.2) is 0 Å². The van der Waals surface area contributed by atoms with E-state index in [-0.39, 0.29) is 0 Å². The minimum absolute atomic E-state index is 0.492. The van der Waals surface area contributed by atoms with Crippen LogP contribution in [0.4, 0.5) is 0 Å². The van der Waals surface area contributed by atoms with Crippen LogP contribution in [0, 0.1) is 22.7 Å². The molecule has 10 aromatic rings. The van der Waals surface area contributed by atoms with E-state index in [1.165, 1.54) is 16.3 Å². The zero-order valence-electron chi connectivity index (χ0n) is 26.1. The van der Waals surface area contributed by atoms with Gasteiger partial charge >= 0.3 is 0 Å². The summed E-state index contributed by atoms with van der Waals surface area (Å²) in [5, 5.41) is 26.4. The second-order valence-corrected chi connectivity index (χ2v) is 12.4. The monoisotopic (exact) mass is 624 g/mol. The Hall–Kier alpha value is -7.08. The third kappa shape index (κ3) is 3.85. The molecule has 0 saturated heterocycles. The fourth-order valence-electron chi connectivity index (χ4n) is 7.61. The van der Waals surface area contributed by atoms with E-state index in [2.05, 4.69) is 124 Å². The summed E-state index contributed by atoms with van der Waals surface area (Å²) in [6, 6.07) is 54.4. The van der Waals surface area contributed by atoms with Crippen LogP contribution in [-0.4, -0.2) is 9.13 Å². The lowest BCUT2D eigenvalue weighted by atomic mass is 10.00. The number of benzene rings is 7. The summed E-state index contributed by atoms with van der Waals surface area (Å²) in [5.41, 5.74) is 10.7. The first-order valence-electron chi connectivity index (χ1n) is 16.1. The van der Waals surface area contributed by atoms with Crippen LogP contribution >= 0.6 is 0 Å². The van der Waals surface area contributed by atoms with Gasteiger partial charge in [-0.15, -0.1) is 0 Å².